The van der Waals surface area contributed by atoms with Gasteiger partial charge in [0, 0.05) is 15.6 Å². The molecule has 0 heterocycles. The van der Waals surface area contributed by atoms with Gasteiger partial charge in [-0.25, -0.2) is 4.79 Å². The zero-order chi connectivity index (χ0) is 15.6. The molecule has 3 N–H and O–H groups in total. The zero-order valence-electron chi connectivity index (χ0n) is 10.4. The predicted octanol–water partition coefficient (Wildman–Crippen LogP) is 3.65. The van der Waals surface area contributed by atoms with E-state index in [9.17, 15) is 14.7 Å². The lowest BCUT2D eigenvalue weighted by atomic mass is 10.1. The number of carbonyl (C=O) groups is 2. The fourth-order valence-electron chi connectivity index (χ4n) is 1.65. The summed E-state index contributed by atoms with van der Waals surface area (Å²) in [5, 5.41) is 21.5. The Morgan fingerprint density at radius 2 is 1.57 bits per heavy atom. The molecule has 2 rings (SSSR count). The van der Waals surface area contributed by atoms with Crippen LogP contribution in [0.2, 0.25) is 10.0 Å². The molecule has 0 saturated heterocycles. The molecule has 0 saturated carbocycles. The van der Waals surface area contributed by atoms with Crippen LogP contribution in [0.1, 0.15) is 20.7 Å². The van der Waals surface area contributed by atoms with Crippen molar-refractivity contribution >= 4 is 40.8 Å². The van der Waals surface area contributed by atoms with Crippen molar-refractivity contribution in [3.05, 3.63) is 57.6 Å². The van der Waals surface area contributed by atoms with Gasteiger partial charge in [-0.1, -0.05) is 23.2 Å². The van der Waals surface area contributed by atoms with Crippen molar-refractivity contribution in [1.82, 2.24) is 0 Å². The van der Waals surface area contributed by atoms with Crippen molar-refractivity contribution in [3.8, 4) is 5.75 Å². The van der Waals surface area contributed by atoms with Crippen molar-refractivity contribution in [2.45, 2.75) is 0 Å². The number of hydrogen-bond acceptors (Lipinski definition) is 3. The number of carbonyl (C=O) groups excluding carboxylic acids is 1. The van der Waals surface area contributed by atoms with Gasteiger partial charge in [-0.05, 0) is 36.4 Å². The highest BCUT2D eigenvalue weighted by Crippen LogP contribution is 2.26. The second-order valence-corrected chi connectivity index (χ2v) is 5.02. The Hall–Kier alpha value is -2.24. The molecule has 7 heteroatoms. The average Bonchev–Trinajstić information content (AvgIpc) is 2.39. The van der Waals surface area contributed by atoms with E-state index in [1.807, 2.05) is 0 Å². The number of carboxylic acids is 1. The van der Waals surface area contributed by atoms with Gasteiger partial charge in [0.15, 0.2) is 0 Å². The van der Waals surface area contributed by atoms with Crippen molar-refractivity contribution in [1.29, 1.82) is 0 Å². The molecule has 0 unspecified atom stereocenters. The average molecular weight is 326 g/mol. The van der Waals surface area contributed by atoms with Crippen LogP contribution in [0.5, 0.6) is 5.75 Å². The third kappa shape index (κ3) is 3.65. The molecule has 5 nitrogen and oxygen atoms in total. The lowest BCUT2D eigenvalue weighted by Gasteiger charge is -2.09. The van der Waals surface area contributed by atoms with Crippen LogP contribution in [0.15, 0.2) is 36.4 Å². The van der Waals surface area contributed by atoms with Gasteiger partial charge in [0.25, 0.3) is 5.91 Å². The van der Waals surface area contributed by atoms with Gasteiger partial charge >= 0.3 is 5.97 Å². The summed E-state index contributed by atoms with van der Waals surface area (Å²) in [6.45, 7) is 0. The van der Waals surface area contributed by atoms with E-state index in [0.29, 0.717) is 0 Å². The summed E-state index contributed by atoms with van der Waals surface area (Å²) >= 11 is 11.6. The SMILES string of the molecule is O=C(O)c1ccc(O)c(NC(=O)c2cc(Cl)cc(Cl)c2)c1. The smallest absolute Gasteiger partial charge is 0.335 e. The molecule has 2 aromatic carbocycles. The van der Waals surface area contributed by atoms with E-state index in [1.54, 1.807) is 0 Å². The summed E-state index contributed by atoms with van der Waals surface area (Å²) < 4.78 is 0. The standard InChI is InChI=1S/C14H9Cl2NO4/c15-9-3-8(4-10(16)6-9)13(19)17-11-5-7(14(20)21)1-2-12(11)18/h1-6,18H,(H,17,19)(H,20,21). The Kier molecular flexibility index (Phi) is 4.35. The molecule has 0 bridgehead atoms. The highest BCUT2D eigenvalue weighted by Gasteiger charge is 2.13. The van der Waals surface area contributed by atoms with Crippen molar-refractivity contribution < 1.29 is 19.8 Å². The maximum Gasteiger partial charge on any atom is 0.335 e. The largest absolute Gasteiger partial charge is 0.506 e. The van der Waals surface area contributed by atoms with Crippen LogP contribution in [-0.4, -0.2) is 22.1 Å². The van der Waals surface area contributed by atoms with Gasteiger partial charge in [-0.3, -0.25) is 4.79 Å². The Balaban J connectivity index is 2.31. The topological polar surface area (TPSA) is 86.6 Å². The first kappa shape index (κ1) is 15.2. The molecule has 0 radical (unpaired) electrons. The number of aromatic carboxylic acids is 1. The number of amides is 1. The van der Waals surface area contributed by atoms with Crippen molar-refractivity contribution in [2.24, 2.45) is 0 Å². The maximum absolute atomic E-state index is 12.1. The lowest BCUT2D eigenvalue weighted by Crippen LogP contribution is -2.12. The molecule has 0 aliphatic rings. The molecule has 0 fully saturated rings. The summed E-state index contributed by atoms with van der Waals surface area (Å²) in [6.07, 6.45) is 0. The minimum absolute atomic E-state index is 0.0176. The van der Waals surface area contributed by atoms with Gasteiger partial charge in [-0.2, -0.15) is 0 Å². The molecule has 1 amide bonds. The van der Waals surface area contributed by atoms with Crippen LogP contribution in [0.4, 0.5) is 5.69 Å². The van der Waals surface area contributed by atoms with E-state index in [2.05, 4.69) is 5.32 Å². The molecule has 0 atom stereocenters. The third-order valence-electron chi connectivity index (χ3n) is 2.62. The van der Waals surface area contributed by atoms with Crippen LogP contribution in [-0.2, 0) is 0 Å². The van der Waals surface area contributed by atoms with Gasteiger partial charge in [0.1, 0.15) is 5.75 Å². The Labute approximate surface area is 129 Å². The maximum atomic E-state index is 12.1. The Morgan fingerprint density at radius 1 is 0.952 bits per heavy atom. The Bertz CT molecular complexity index is 711. The molecule has 21 heavy (non-hydrogen) atoms. The first-order valence-corrected chi connectivity index (χ1v) is 6.46. The lowest BCUT2D eigenvalue weighted by molar-refractivity contribution is 0.0696. The van der Waals surface area contributed by atoms with Crippen LogP contribution < -0.4 is 5.32 Å². The van der Waals surface area contributed by atoms with E-state index in [1.165, 1.54) is 30.3 Å². The van der Waals surface area contributed by atoms with E-state index in [0.717, 1.165) is 6.07 Å². The Morgan fingerprint density at radius 3 is 2.14 bits per heavy atom. The monoisotopic (exact) mass is 325 g/mol. The van der Waals surface area contributed by atoms with Crippen LogP contribution in [0.25, 0.3) is 0 Å². The van der Waals surface area contributed by atoms with Crippen LogP contribution >= 0.6 is 23.2 Å². The molecule has 2 aromatic rings. The predicted molar refractivity (Wildman–Crippen MR) is 79.5 cm³/mol. The molecule has 0 spiro atoms. The summed E-state index contributed by atoms with van der Waals surface area (Å²) in [5.74, 6) is -1.99. The summed E-state index contributed by atoms with van der Waals surface area (Å²) in [4.78, 5) is 22.9. The second kappa shape index (κ2) is 6.03. The number of rotatable bonds is 3. The van der Waals surface area contributed by atoms with E-state index >= 15 is 0 Å². The van der Waals surface area contributed by atoms with Crippen LogP contribution in [0.3, 0.4) is 0 Å². The quantitative estimate of drug-likeness (QED) is 0.752. The van der Waals surface area contributed by atoms with Gasteiger partial charge < -0.3 is 15.5 Å². The van der Waals surface area contributed by atoms with E-state index < -0.39 is 11.9 Å². The molecule has 0 aromatic heterocycles. The van der Waals surface area contributed by atoms with Gasteiger partial charge in [0.05, 0.1) is 11.3 Å². The molecule has 0 aliphatic heterocycles. The number of carboxylic acid groups (broad SMARTS) is 1. The normalized spacial score (nSPS) is 10.2. The summed E-state index contributed by atoms with van der Waals surface area (Å²) in [5.41, 5.74) is 0.107. The van der Waals surface area contributed by atoms with Crippen molar-refractivity contribution in [3.63, 3.8) is 0 Å². The van der Waals surface area contributed by atoms with E-state index in [-0.39, 0.29) is 32.6 Å². The third-order valence-corrected chi connectivity index (χ3v) is 3.05. The fraction of sp³-hybridized carbons (Fsp3) is 0. The van der Waals surface area contributed by atoms with Gasteiger partial charge in [0.2, 0.25) is 0 Å². The highest BCUT2D eigenvalue weighted by molar-refractivity contribution is 6.35. The molecule has 0 aliphatic carbocycles. The first-order valence-electron chi connectivity index (χ1n) is 5.70. The van der Waals surface area contributed by atoms with E-state index in [4.69, 9.17) is 28.3 Å². The van der Waals surface area contributed by atoms with Gasteiger partial charge in [-0.15, -0.1) is 0 Å². The van der Waals surface area contributed by atoms with Crippen molar-refractivity contribution in [2.75, 3.05) is 5.32 Å². The molecule has 108 valence electrons. The number of halogens is 2. The first-order chi connectivity index (χ1) is 9.86. The zero-order valence-corrected chi connectivity index (χ0v) is 11.9. The second-order valence-electron chi connectivity index (χ2n) is 4.15. The number of anilines is 1. The number of aromatic hydroxyl groups is 1. The highest BCUT2D eigenvalue weighted by atomic mass is 35.5. The fourth-order valence-corrected chi connectivity index (χ4v) is 2.17. The minimum Gasteiger partial charge on any atom is -0.506 e. The molecular formula is C14H9Cl2NO4. The number of phenolic OH excluding ortho intramolecular Hbond substituents is 1. The number of benzene rings is 2. The molecular weight excluding hydrogens is 317 g/mol. The summed E-state index contributed by atoms with van der Waals surface area (Å²) in [7, 11) is 0. The number of nitrogens with one attached hydrogen (secondary N) is 1. The number of phenols is 1. The number of hydrogen-bond donors (Lipinski definition) is 3. The van der Waals surface area contributed by atoms with Crippen LogP contribution in [0, 0.1) is 0 Å². The summed E-state index contributed by atoms with van der Waals surface area (Å²) in [6, 6.07) is 7.85. The minimum atomic E-state index is -1.17.